The van der Waals surface area contributed by atoms with Gasteiger partial charge in [0.15, 0.2) is 0 Å². The molecule has 1 rings (SSSR count). The molecule has 0 aliphatic heterocycles. The Morgan fingerprint density at radius 2 is 1.55 bits per heavy atom. The van der Waals surface area contributed by atoms with Gasteiger partial charge in [0.05, 0.1) is 0 Å². The maximum absolute atomic E-state index is 11.6. The topological polar surface area (TPSA) is 26.3 Å². The summed E-state index contributed by atoms with van der Waals surface area (Å²) in [5, 5.41) is 0. The van der Waals surface area contributed by atoms with E-state index in [1.165, 1.54) is 37.7 Å². The molecule has 1 aromatic carbocycles. The SMILES string of the molecule is CCCCCCCCCC(=O)OCc1ccc(C)cc1. The smallest absolute Gasteiger partial charge is 0.306 e. The van der Waals surface area contributed by atoms with Gasteiger partial charge >= 0.3 is 5.97 Å². The first kappa shape index (κ1) is 16.7. The number of carbonyl (C=O) groups is 1. The molecule has 0 aliphatic rings. The molecule has 0 bridgehead atoms. The summed E-state index contributed by atoms with van der Waals surface area (Å²) in [6, 6.07) is 8.10. The fourth-order valence-corrected chi connectivity index (χ4v) is 2.15. The lowest BCUT2D eigenvalue weighted by molar-refractivity contribution is -0.145. The van der Waals surface area contributed by atoms with E-state index >= 15 is 0 Å². The van der Waals surface area contributed by atoms with E-state index in [1.807, 2.05) is 24.3 Å². The van der Waals surface area contributed by atoms with Gasteiger partial charge < -0.3 is 4.74 Å². The molecule has 0 spiro atoms. The number of benzene rings is 1. The van der Waals surface area contributed by atoms with Crippen LogP contribution in [-0.2, 0) is 16.1 Å². The standard InChI is InChI=1S/C18H28O2/c1-3-4-5-6-7-8-9-10-18(19)20-15-17-13-11-16(2)12-14-17/h11-14H,3-10,15H2,1-2H3. The van der Waals surface area contributed by atoms with E-state index in [1.54, 1.807) is 0 Å². The maximum Gasteiger partial charge on any atom is 0.306 e. The highest BCUT2D eigenvalue weighted by molar-refractivity contribution is 5.69. The third-order valence-corrected chi connectivity index (χ3v) is 3.50. The Hall–Kier alpha value is -1.31. The van der Waals surface area contributed by atoms with Crippen molar-refractivity contribution in [2.45, 2.75) is 71.8 Å². The lowest BCUT2D eigenvalue weighted by Crippen LogP contribution is -2.04. The molecule has 0 radical (unpaired) electrons. The molecule has 2 nitrogen and oxygen atoms in total. The Labute approximate surface area is 123 Å². The minimum atomic E-state index is -0.0702. The first-order chi connectivity index (χ1) is 9.72. The van der Waals surface area contributed by atoms with Crippen LogP contribution >= 0.6 is 0 Å². The second kappa shape index (κ2) is 10.5. The molecule has 0 aliphatic carbocycles. The first-order valence-corrected chi connectivity index (χ1v) is 7.93. The average molecular weight is 276 g/mol. The number of carbonyl (C=O) groups excluding carboxylic acids is 1. The van der Waals surface area contributed by atoms with Crippen LogP contribution in [0.2, 0.25) is 0 Å². The Morgan fingerprint density at radius 1 is 0.950 bits per heavy atom. The van der Waals surface area contributed by atoms with E-state index in [0.717, 1.165) is 18.4 Å². The van der Waals surface area contributed by atoms with Gasteiger partial charge in [0.1, 0.15) is 6.61 Å². The Balaban J connectivity index is 2.01. The summed E-state index contributed by atoms with van der Waals surface area (Å²) < 4.78 is 5.27. The molecule has 112 valence electrons. The minimum Gasteiger partial charge on any atom is -0.461 e. The quantitative estimate of drug-likeness (QED) is 0.435. The molecule has 0 unspecified atom stereocenters. The van der Waals surface area contributed by atoms with Gasteiger partial charge in [0, 0.05) is 6.42 Å². The second-order valence-corrected chi connectivity index (χ2v) is 5.52. The van der Waals surface area contributed by atoms with Gasteiger partial charge in [-0.25, -0.2) is 0 Å². The van der Waals surface area contributed by atoms with Crippen molar-refractivity contribution in [1.29, 1.82) is 0 Å². The summed E-state index contributed by atoms with van der Waals surface area (Å²) >= 11 is 0. The zero-order valence-electron chi connectivity index (χ0n) is 13.0. The number of esters is 1. The van der Waals surface area contributed by atoms with Gasteiger partial charge in [0.25, 0.3) is 0 Å². The van der Waals surface area contributed by atoms with Crippen molar-refractivity contribution >= 4 is 5.97 Å². The molecule has 0 saturated heterocycles. The van der Waals surface area contributed by atoms with Crippen LogP contribution in [0, 0.1) is 6.92 Å². The third kappa shape index (κ3) is 7.98. The van der Waals surface area contributed by atoms with E-state index < -0.39 is 0 Å². The van der Waals surface area contributed by atoms with Crippen LogP contribution in [0.15, 0.2) is 24.3 Å². The summed E-state index contributed by atoms with van der Waals surface area (Å²) in [7, 11) is 0. The molecule has 0 saturated carbocycles. The fraction of sp³-hybridized carbons (Fsp3) is 0.611. The van der Waals surface area contributed by atoms with Crippen molar-refractivity contribution in [2.75, 3.05) is 0 Å². The van der Waals surface area contributed by atoms with Crippen LogP contribution in [0.5, 0.6) is 0 Å². The van der Waals surface area contributed by atoms with Gasteiger partial charge in [-0.3, -0.25) is 4.79 Å². The summed E-state index contributed by atoms with van der Waals surface area (Å²) in [6.45, 7) is 4.68. The first-order valence-electron chi connectivity index (χ1n) is 7.93. The summed E-state index contributed by atoms with van der Waals surface area (Å²) in [4.78, 5) is 11.6. The van der Waals surface area contributed by atoms with Gasteiger partial charge in [-0.15, -0.1) is 0 Å². The maximum atomic E-state index is 11.6. The number of hydrogen-bond acceptors (Lipinski definition) is 2. The van der Waals surface area contributed by atoms with Crippen molar-refractivity contribution < 1.29 is 9.53 Å². The Bertz CT molecular complexity index is 368. The molecule has 0 amide bonds. The Morgan fingerprint density at radius 3 is 2.20 bits per heavy atom. The van der Waals surface area contributed by atoms with Gasteiger partial charge in [-0.05, 0) is 18.9 Å². The van der Waals surface area contributed by atoms with Gasteiger partial charge in [-0.1, -0.05) is 75.3 Å². The summed E-state index contributed by atoms with van der Waals surface area (Å²) in [5.41, 5.74) is 2.28. The molecule has 2 heteroatoms. The molecule has 1 aromatic rings. The minimum absolute atomic E-state index is 0.0702. The van der Waals surface area contributed by atoms with E-state index in [9.17, 15) is 4.79 Å². The monoisotopic (exact) mass is 276 g/mol. The predicted octanol–water partition coefficient (Wildman–Crippen LogP) is 5.18. The zero-order valence-corrected chi connectivity index (χ0v) is 13.0. The van der Waals surface area contributed by atoms with Gasteiger partial charge in [-0.2, -0.15) is 0 Å². The zero-order chi connectivity index (χ0) is 14.6. The van der Waals surface area contributed by atoms with Crippen LogP contribution in [0.3, 0.4) is 0 Å². The van der Waals surface area contributed by atoms with Gasteiger partial charge in [0.2, 0.25) is 0 Å². The van der Waals surface area contributed by atoms with Crippen molar-refractivity contribution in [3.05, 3.63) is 35.4 Å². The molecule has 0 N–H and O–H groups in total. The second-order valence-electron chi connectivity index (χ2n) is 5.52. The molecule has 0 atom stereocenters. The fourth-order valence-electron chi connectivity index (χ4n) is 2.15. The molecule has 0 fully saturated rings. The summed E-state index contributed by atoms with van der Waals surface area (Å²) in [5.74, 6) is -0.0702. The molecule has 0 heterocycles. The lowest BCUT2D eigenvalue weighted by Gasteiger charge is -2.05. The molecule has 20 heavy (non-hydrogen) atoms. The van der Waals surface area contributed by atoms with Crippen LogP contribution in [0.1, 0.15) is 69.4 Å². The van der Waals surface area contributed by atoms with Crippen molar-refractivity contribution in [3.8, 4) is 0 Å². The summed E-state index contributed by atoms with van der Waals surface area (Å²) in [6.07, 6.45) is 9.14. The highest BCUT2D eigenvalue weighted by atomic mass is 16.5. The number of rotatable bonds is 10. The van der Waals surface area contributed by atoms with Crippen LogP contribution in [-0.4, -0.2) is 5.97 Å². The van der Waals surface area contributed by atoms with Crippen molar-refractivity contribution in [1.82, 2.24) is 0 Å². The molecule has 0 aromatic heterocycles. The van der Waals surface area contributed by atoms with E-state index in [2.05, 4.69) is 13.8 Å². The molecular weight excluding hydrogens is 248 g/mol. The third-order valence-electron chi connectivity index (χ3n) is 3.50. The van der Waals surface area contributed by atoms with Crippen LogP contribution in [0.4, 0.5) is 0 Å². The van der Waals surface area contributed by atoms with Crippen molar-refractivity contribution in [2.24, 2.45) is 0 Å². The highest BCUT2D eigenvalue weighted by Gasteiger charge is 2.03. The molecular formula is C18H28O2. The number of unbranched alkanes of at least 4 members (excludes halogenated alkanes) is 6. The average Bonchev–Trinajstić information content (AvgIpc) is 2.46. The van der Waals surface area contributed by atoms with E-state index in [-0.39, 0.29) is 5.97 Å². The predicted molar refractivity (Wildman–Crippen MR) is 83.6 cm³/mol. The Kier molecular flexibility index (Phi) is 8.77. The van der Waals surface area contributed by atoms with Crippen LogP contribution < -0.4 is 0 Å². The van der Waals surface area contributed by atoms with Crippen molar-refractivity contribution in [3.63, 3.8) is 0 Å². The lowest BCUT2D eigenvalue weighted by atomic mass is 10.1. The highest BCUT2D eigenvalue weighted by Crippen LogP contribution is 2.10. The van der Waals surface area contributed by atoms with Crippen LogP contribution in [0.25, 0.3) is 0 Å². The van der Waals surface area contributed by atoms with E-state index in [0.29, 0.717) is 13.0 Å². The number of hydrogen-bond donors (Lipinski definition) is 0. The largest absolute Gasteiger partial charge is 0.461 e. The number of ether oxygens (including phenoxy) is 1. The number of aryl methyl sites for hydroxylation is 1. The normalized spacial score (nSPS) is 10.5. The van der Waals surface area contributed by atoms with E-state index in [4.69, 9.17) is 4.74 Å².